The number of nitrogen functional groups attached to an aromatic ring is 1. The van der Waals surface area contributed by atoms with Gasteiger partial charge in [-0.2, -0.15) is 5.10 Å². The summed E-state index contributed by atoms with van der Waals surface area (Å²) in [5.74, 6) is -0.837. The van der Waals surface area contributed by atoms with Gasteiger partial charge in [-0.3, -0.25) is 9.48 Å². The van der Waals surface area contributed by atoms with Crippen LogP contribution in [0.25, 0.3) is 0 Å². The summed E-state index contributed by atoms with van der Waals surface area (Å²) in [5, 5.41) is 6.62. The van der Waals surface area contributed by atoms with Gasteiger partial charge in [0.05, 0.1) is 17.1 Å². The molecule has 1 aromatic heterocycles. The number of anilines is 2. The van der Waals surface area contributed by atoms with Crippen LogP contribution in [0, 0.1) is 12.7 Å². The number of nitrogens with zero attached hydrogens (tertiary/aromatic N) is 2. The molecule has 0 atom stereocenters. The molecule has 0 saturated carbocycles. The second-order valence-electron chi connectivity index (χ2n) is 3.98. The lowest BCUT2D eigenvalue weighted by molar-refractivity contribution is 0.101. The Balaban J connectivity index is 2.26. The number of carbonyl (C=O) groups is 1. The van der Waals surface area contributed by atoms with E-state index in [2.05, 4.69) is 10.4 Å². The van der Waals surface area contributed by atoms with Crippen molar-refractivity contribution >= 4 is 17.3 Å². The van der Waals surface area contributed by atoms with Crippen molar-refractivity contribution in [1.29, 1.82) is 0 Å². The third-order valence-corrected chi connectivity index (χ3v) is 2.50. The van der Waals surface area contributed by atoms with Gasteiger partial charge in [0.25, 0.3) is 5.91 Å². The zero-order valence-corrected chi connectivity index (χ0v) is 10.1. The maximum Gasteiger partial charge on any atom is 0.273 e. The molecular weight excluding hydrogens is 235 g/mol. The fourth-order valence-corrected chi connectivity index (χ4v) is 1.65. The number of aromatic nitrogens is 2. The standard InChI is InChI=1S/C12H13FN4O/c1-7-5-11(17(2)16-7)12(18)15-10-6-8(13)3-4-9(10)14/h3-6H,14H2,1-2H3,(H,15,18). The maximum absolute atomic E-state index is 13.1. The Bertz CT molecular complexity index is 606. The van der Waals surface area contributed by atoms with E-state index in [1.807, 2.05) is 0 Å². The zero-order chi connectivity index (χ0) is 13.3. The van der Waals surface area contributed by atoms with Crippen LogP contribution in [0.3, 0.4) is 0 Å². The van der Waals surface area contributed by atoms with Crippen LogP contribution in [-0.4, -0.2) is 15.7 Å². The van der Waals surface area contributed by atoms with Crippen LogP contribution in [-0.2, 0) is 7.05 Å². The lowest BCUT2D eigenvalue weighted by Crippen LogP contribution is -2.17. The third kappa shape index (κ3) is 2.32. The van der Waals surface area contributed by atoms with Gasteiger partial charge >= 0.3 is 0 Å². The number of halogens is 1. The average Bonchev–Trinajstić information content (AvgIpc) is 2.63. The molecule has 0 saturated heterocycles. The molecular formula is C12H13FN4O. The Hall–Kier alpha value is -2.37. The largest absolute Gasteiger partial charge is 0.397 e. The number of carbonyl (C=O) groups excluding carboxylic acids is 1. The van der Waals surface area contributed by atoms with E-state index in [9.17, 15) is 9.18 Å². The van der Waals surface area contributed by atoms with Gasteiger partial charge < -0.3 is 11.1 Å². The number of rotatable bonds is 2. The molecule has 18 heavy (non-hydrogen) atoms. The molecule has 0 spiro atoms. The first-order chi connectivity index (χ1) is 8.47. The van der Waals surface area contributed by atoms with Gasteiger partial charge in [0, 0.05) is 7.05 Å². The van der Waals surface area contributed by atoms with E-state index in [0.29, 0.717) is 11.4 Å². The van der Waals surface area contributed by atoms with Crippen molar-refractivity contribution < 1.29 is 9.18 Å². The summed E-state index contributed by atoms with van der Waals surface area (Å²) in [6, 6.07) is 5.46. The normalized spacial score (nSPS) is 10.4. The van der Waals surface area contributed by atoms with Crippen LogP contribution in [0.1, 0.15) is 16.2 Å². The van der Waals surface area contributed by atoms with Crippen molar-refractivity contribution in [2.24, 2.45) is 7.05 Å². The van der Waals surface area contributed by atoms with E-state index in [-0.39, 0.29) is 11.6 Å². The first kappa shape index (κ1) is 12.1. The molecule has 0 aliphatic carbocycles. The highest BCUT2D eigenvalue weighted by molar-refractivity contribution is 6.04. The fraction of sp³-hybridized carbons (Fsp3) is 0.167. The molecule has 0 aliphatic rings. The predicted molar refractivity (Wildman–Crippen MR) is 66.7 cm³/mol. The van der Waals surface area contributed by atoms with Crippen LogP contribution in [0.2, 0.25) is 0 Å². The predicted octanol–water partition coefficient (Wildman–Crippen LogP) is 1.70. The van der Waals surface area contributed by atoms with Crippen LogP contribution >= 0.6 is 0 Å². The second-order valence-corrected chi connectivity index (χ2v) is 3.98. The van der Waals surface area contributed by atoms with Crippen LogP contribution < -0.4 is 11.1 Å². The SMILES string of the molecule is Cc1cc(C(=O)Nc2cc(F)ccc2N)n(C)n1. The molecule has 6 heteroatoms. The second kappa shape index (κ2) is 4.48. The van der Waals surface area contributed by atoms with E-state index < -0.39 is 5.82 Å². The topological polar surface area (TPSA) is 72.9 Å². The van der Waals surface area contributed by atoms with Crippen molar-refractivity contribution in [2.45, 2.75) is 6.92 Å². The lowest BCUT2D eigenvalue weighted by Gasteiger charge is -2.08. The van der Waals surface area contributed by atoms with Crippen molar-refractivity contribution in [3.8, 4) is 0 Å². The minimum Gasteiger partial charge on any atom is -0.397 e. The Labute approximate surface area is 103 Å². The molecule has 0 unspecified atom stereocenters. The molecule has 0 aliphatic heterocycles. The summed E-state index contributed by atoms with van der Waals surface area (Å²) >= 11 is 0. The molecule has 1 heterocycles. The summed E-state index contributed by atoms with van der Waals surface area (Å²) in [4.78, 5) is 12.0. The van der Waals surface area contributed by atoms with E-state index in [4.69, 9.17) is 5.73 Å². The number of nitrogens with one attached hydrogen (secondary N) is 1. The van der Waals surface area contributed by atoms with Crippen LogP contribution in [0.4, 0.5) is 15.8 Å². The molecule has 0 fully saturated rings. The van der Waals surface area contributed by atoms with Crippen molar-refractivity contribution in [2.75, 3.05) is 11.1 Å². The lowest BCUT2D eigenvalue weighted by atomic mass is 10.2. The Kier molecular flexibility index (Phi) is 3.01. The van der Waals surface area contributed by atoms with Crippen molar-refractivity contribution in [3.05, 3.63) is 41.5 Å². The summed E-state index contributed by atoms with van der Waals surface area (Å²) in [5.41, 5.74) is 7.33. The molecule has 0 bridgehead atoms. The van der Waals surface area contributed by atoms with Gasteiger partial charge in [0.15, 0.2) is 0 Å². The highest BCUT2D eigenvalue weighted by Crippen LogP contribution is 2.20. The minimum absolute atomic E-state index is 0.249. The van der Waals surface area contributed by atoms with Gasteiger partial charge in [0.2, 0.25) is 0 Å². The number of hydrogen-bond acceptors (Lipinski definition) is 3. The molecule has 1 aromatic carbocycles. The minimum atomic E-state index is -0.458. The summed E-state index contributed by atoms with van der Waals surface area (Å²) in [6.45, 7) is 1.79. The molecule has 94 valence electrons. The first-order valence-corrected chi connectivity index (χ1v) is 5.34. The molecule has 0 radical (unpaired) electrons. The fourth-order valence-electron chi connectivity index (χ4n) is 1.65. The molecule has 5 nitrogen and oxygen atoms in total. The van der Waals surface area contributed by atoms with Crippen molar-refractivity contribution in [3.63, 3.8) is 0 Å². The monoisotopic (exact) mass is 248 g/mol. The molecule has 2 rings (SSSR count). The zero-order valence-electron chi connectivity index (χ0n) is 10.1. The van der Waals surface area contributed by atoms with Gasteiger partial charge in [-0.05, 0) is 31.2 Å². The van der Waals surface area contributed by atoms with Crippen LogP contribution in [0.15, 0.2) is 24.3 Å². The highest BCUT2D eigenvalue weighted by atomic mass is 19.1. The summed E-state index contributed by atoms with van der Waals surface area (Å²) in [7, 11) is 1.66. The van der Waals surface area contributed by atoms with Crippen LogP contribution in [0.5, 0.6) is 0 Å². The number of hydrogen-bond donors (Lipinski definition) is 2. The Morgan fingerprint density at radius 2 is 2.17 bits per heavy atom. The quantitative estimate of drug-likeness (QED) is 0.794. The highest BCUT2D eigenvalue weighted by Gasteiger charge is 2.13. The maximum atomic E-state index is 13.1. The first-order valence-electron chi connectivity index (χ1n) is 5.34. The molecule has 1 amide bonds. The number of benzene rings is 1. The average molecular weight is 248 g/mol. The smallest absolute Gasteiger partial charge is 0.273 e. The van der Waals surface area contributed by atoms with E-state index in [1.54, 1.807) is 20.0 Å². The van der Waals surface area contributed by atoms with Gasteiger partial charge in [-0.25, -0.2) is 4.39 Å². The summed E-state index contributed by atoms with van der Waals surface area (Å²) < 4.78 is 14.5. The van der Waals surface area contributed by atoms with Gasteiger partial charge in [-0.15, -0.1) is 0 Å². The van der Waals surface area contributed by atoms with E-state index in [0.717, 1.165) is 5.69 Å². The summed E-state index contributed by atoms with van der Waals surface area (Å²) in [6.07, 6.45) is 0. The molecule has 3 N–H and O–H groups in total. The Morgan fingerprint density at radius 1 is 1.44 bits per heavy atom. The number of aryl methyl sites for hydroxylation is 2. The Morgan fingerprint density at radius 3 is 2.78 bits per heavy atom. The van der Waals surface area contributed by atoms with Gasteiger partial charge in [0.1, 0.15) is 11.5 Å². The van der Waals surface area contributed by atoms with E-state index in [1.165, 1.54) is 22.9 Å². The van der Waals surface area contributed by atoms with Crippen molar-refractivity contribution in [1.82, 2.24) is 9.78 Å². The van der Waals surface area contributed by atoms with Gasteiger partial charge in [-0.1, -0.05) is 0 Å². The third-order valence-electron chi connectivity index (χ3n) is 2.50. The number of nitrogens with two attached hydrogens (primary N) is 1. The van der Waals surface area contributed by atoms with E-state index >= 15 is 0 Å². The molecule has 2 aromatic rings. The number of amides is 1.